The van der Waals surface area contributed by atoms with Crippen molar-refractivity contribution in [2.24, 2.45) is 5.92 Å². The number of anilines is 2. The Balaban J connectivity index is 2.28. The highest BCUT2D eigenvalue weighted by Crippen LogP contribution is 2.34. The SMILES string of the molecule is CC(C)CNS(=O)(=O)N1CCc2cccc(N)c21. The molecule has 0 aliphatic carbocycles. The van der Waals surface area contributed by atoms with Crippen molar-refractivity contribution in [2.75, 3.05) is 23.1 Å². The molecular formula is C12H19N3O2S. The molecule has 1 aromatic carbocycles. The summed E-state index contributed by atoms with van der Waals surface area (Å²) in [5.41, 5.74) is 8.02. The normalized spacial score (nSPS) is 15.2. The third-order valence-corrected chi connectivity index (χ3v) is 4.43. The second-order valence-corrected chi connectivity index (χ2v) is 6.60. The fourth-order valence-corrected chi connectivity index (χ4v) is 3.54. The summed E-state index contributed by atoms with van der Waals surface area (Å²) in [6.45, 7) is 4.82. The van der Waals surface area contributed by atoms with Crippen LogP contribution in [0.25, 0.3) is 0 Å². The van der Waals surface area contributed by atoms with E-state index in [4.69, 9.17) is 5.73 Å². The Morgan fingerprint density at radius 1 is 1.44 bits per heavy atom. The Morgan fingerprint density at radius 3 is 2.83 bits per heavy atom. The number of nitrogens with zero attached hydrogens (tertiary/aromatic N) is 1. The van der Waals surface area contributed by atoms with Gasteiger partial charge < -0.3 is 5.73 Å². The quantitative estimate of drug-likeness (QED) is 0.804. The maximum atomic E-state index is 12.2. The molecule has 1 aliphatic heterocycles. The summed E-state index contributed by atoms with van der Waals surface area (Å²) in [7, 11) is -3.49. The first-order valence-corrected chi connectivity index (χ1v) is 7.50. The van der Waals surface area contributed by atoms with Gasteiger partial charge in [-0.25, -0.2) is 0 Å². The first-order valence-electron chi connectivity index (χ1n) is 6.06. The Kier molecular flexibility index (Phi) is 3.49. The Hall–Kier alpha value is -1.27. The largest absolute Gasteiger partial charge is 0.397 e. The molecule has 0 saturated heterocycles. The summed E-state index contributed by atoms with van der Waals surface area (Å²) in [4.78, 5) is 0. The lowest BCUT2D eigenvalue weighted by Crippen LogP contribution is -2.41. The second-order valence-electron chi connectivity index (χ2n) is 4.92. The zero-order valence-corrected chi connectivity index (χ0v) is 11.5. The number of para-hydroxylation sites is 1. The molecule has 100 valence electrons. The van der Waals surface area contributed by atoms with Crippen molar-refractivity contribution in [2.45, 2.75) is 20.3 Å². The summed E-state index contributed by atoms with van der Waals surface area (Å²) in [6.07, 6.45) is 0.711. The maximum absolute atomic E-state index is 12.2. The van der Waals surface area contributed by atoms with Crippen molar-refractivity contribution in [3.8, 4) is 0 Å². The van der Waals surface area contributed by atoms with Gasteiger partial charge in [0.1, 0.15) is 0 Å². The minimum Gasteiger partial charge on any atom is -0.397 e. The smallest absolute Gasteiger partial charge is 0.301 e. The van der Waals surface area contributed by atoms with Gasteiger partial charge in [-0.15, -0.1) is 0 Å². The van der Waals surface area contributed by atoms with Gasteiger partial charge in [0.15, 0.2) is 0 Å². The highest BCUT2D eigenvalue weighted by molar-refractivity contribution is 7.90. The van der Waals surface area contributed by atoms with Crippen LogP contribution in [-0.2, 0) is 16.6 Å². The van der Waals surface area contributed by atoms with Crippen molar-refractivity contribution in [3.63, 3.8) is 0 Å². The van der Waals surface area contributed by atoms with Crippen LogP contribution in [0, 0.1) is 5.92 Å². The minimum atomic E-state index is -3.49. The maximum Gasteiger partial charge on any atom is 0.301 e. The molecule has 0 spiro atoms. The van der Waals surface area contributed by atoms with E-state index >= 15 is 0 Å². The van der Waals surface area contributed by atoms with E-state index in [1.54, 1.807) is 6.07 Å². The van der Waals surface area contributed by atoms with E-state index in [0.717, 1.165) is 5.56 Å². The third kappa shape index (κ3) is 2.44. The summed E-state index contributed by atoms with van der Waals surface area (Å²) in [5.74, 6) is 0.273. The topological polar surface area (TPSA) is 75.4 Å². The van der Waals surface area contributed by atoms with Crippen molar-refractivity contribution < 1.29 is 8.42 Å². The number of nitrogen functional groups attached to an aromatic ring is 1. The average Bonchev–Trinajstić information content (AvgIpc) is 2.72. The van der Waals surface area contributed by atoms with Gasteiger partial charge >= 0.3 is 10.2 Å². The van der Waals surface area contributed by atoms with Crippen LogP contribution in [0.1, 0.15) is 19.4 Å². The van der Waals surface area contributed by atoms with Crippen LogP contribution < -0.4 is 14.8 Å². The molecule has 0 amide bonds. The molecule has 2 rings (SSSR count). The van der Waals surface area contributed by atoms with E-state index in [0.29, 0.717) is 30.9 Å². The summed E-state index contributed by atoms with van der Waals surface area (Å²) < 4.78 is 28.4. The lowest BCUT2D eigenvalue weighted by atomic mass is 10.1. The molecule has 1 aromatic rings. The molecule has 0 aromatic heterocycles. The number of benzene rings is 1. The lowest BCUT2D eigenvalue weighted by molar-refractivity contribution is 0.557. The van der Waals surface area contributed by atoms with E-state index in [1.807, 2.05) is 26.0 Å². The highest BCUT2D eigenvalue weighted by atomic mass is 32.2. The number of fused-ring (bicyclic) bond motifs is 1. The van der Waals surface area contributed by atoms with Crippen molar-refractivity contribution in [3.05, 3.63) is 23.8 Å². The molecular weight excluding hydrogens is 250 g/mol. The predicted octanol–water partition coefficient (Wildman–Crippen LogP) is 1.12. The first-order chi connectivity index (χ1) is 8.42. The summed E-state index contributed by atoms with van der Waals surface area (Å²) >= 11 is 0. The molecule has 0 unspecified atom stereocenters. The molecule has 1 heterocycles. The van der Waals surface area contributed by atoms with E-state index in [9.17, 15) is 8.42 Å². The fourth-order valence-electron chi connectivity index (χ4n) is 2.04. The van der Waals surface area contributed by atoms with Crippen LogP contribution in [0.2, 0.25) is 0 Å². The highest BCUT2D eigenvalue weighted by Gasteiger charge is 2.30. The second kappa shape index (κ2) is 4.78. The fraction of sp³-hybridized carbons (Fsp3) is 0.500. The number of hydrogen-bond donors (Lipinski definition) is 2. The molecule has 6 heteroatoms. The number of nitrogens with one attached hydrogen (secondary N) is 1. The zero-order valence-electron chi connectivity index (χ0n) is 10.7. The summed E-state index contributed by atoms with van der Waals surface area (Å²) in [5, 5.41) is 0. The third-order valence-electron chi connectivity index (χ3n) is 2.95. The number of nitrogens with two attached hydrogens (primary N) is 1. The van der Waals surface area contributed by atoms with E-state index in [2.05, 4.69) is 4.72 Å². The van der Waals surface area contributed by atoms with Gasteiger partial charge in [-0.2, -0.15) is 13.1 Å². The van der Waals surface area contributed by atoms with Crippen molar-refractivity contribution >= 4 is 21.6 Å². The molecule has 3 N–H and O–H groups in total. The molecule has 0 fully saturated rings. The zero-order chi connectivity index (χ0) is 13.3. The monoisotopic (exact) mass is 269 g/mol. The van der Waals surface area contributed by atoms with Crippen LogP contribution >= 0.6 is 0 Å². The average molecular weight is 269 g/mol. The van der Waals surface area contributed by atoms with E-state index in [1.165, 1.54) is 4.31 Å². The Labute approximate surface area is 108 Å². The minimum absolute atomic E-state index is 0.273. The number of rotatable bonds is 4. The van der Waals surface area contributed by atoms with E-state index in [-0.39, 0.29) is 5.92 Å². The lowest BCUT2D eigenvalue weighted by Gasteiger charge is -2.21. The molecule has 18 heavy (non-hydrogen) atoms. The van der Waals surface area contributed by atoms with Gasteiger partial charge in [0.05, 0.1) is 11.4 Å². The molecule has 5 nitrogen and oxygen atoms in total. The van der Waals surface area contributed by atoms with Crippen LogP contribution in [-0.4, -0.2) is 21.5 Å². The van der Waals surface area contributed by atoms with Gasteiger partial charge in [-0.1, -0.05) is 26.0 Å². The van der Waals surface area contributed by atoms with Crippen molar-refractivity contribution in [1.82, 2.24) is 4.72 Å². The molecule has 0 atom stereocenters. The van der Waals surface area contributed by atoms with Crippen LogP contribution in [0.3, 0.4) is 0 Å². The van der Waals surface area contributed by atoms with Gasteiger partial charge in [0.2, 0.25) is 0 Å². The predicted molar refractivity (Wildman–Crippen MR) is 73.7 cm³/mol. The number of hydrogen-bond acceptors (Lipinski definition) is 3. The van der Waals surface area contributed by atoms with E-state index < -0.39 is 10.2 Å². The van der Waals surface area contributed by atoms with Gasteiger partial charge in [0.25, 0.3) is 0 Å². The first kappa shape index (κ1) is 13.2. The van der Waals surface area contributed by atoms with Gasteiger partial charge in [-0.05, 0) is 24.0 Å². The molecule has 0 saturated carbocycles. The standard InChI is InChI=1S/C12H19N3O2S/c1-9(2)8-14-18(16,17)15-7-6-10-4-3-5-11(13)12(10)15/h3-5,9,14H,6-8,13H2,1-2H3. The van der Waals surface area contributed by atoms with Gasteiger partial charge in [-0.3, -0.25) is 4.31 Å². The van der Waals surface area contributed by atoms with Crippen LogP contribution in [0.15, 0.2) is 18.2 Å². The Bertz CT molecular complexity index is 540. The van der Waals surface area contributed by atoms with Gasteiger partial charge in [0, 0.05) is 13.1 Å². The Morgan fingerprint density at radius 2 is 2.17 bits per heavy atom. The molecule has 0 radical (unpaired) electrons. The molecule has 1 aliphatic rings. The molecule has 0 bridgehead atoms. The summed E-state index contributed by atoms with van der Waals surface area (Å²) in [6, 6.07) is 5.50. The van der Waals surface area contributed by atoms with Crippen molar-refractivity contribution in [1.29, 1.82) is 0 Å². The van der Waals surface area contributed by atoms with Crippen LogP contribution in [0.5, 0.6) is 0 Å². The van der Waals surface area contributed by atoms with Crippen LogP contribution in [0.4, 0.5) is 11.4 Å².